The molecule has 0 saturated heterocycles. The van der Waals surface area contributed by atoms with Crippen LogP contribution in [0.2, 0.25) is 5.02 Å². The molecule has 4 atom stereocenters. The molecule has 7 rings (SSSR count). The van der Waals surface area contributed by atoms with Gasteiger partial charge in [-0.25, -0.2) is 30.6 Å². The molecule has 2 aliphatic carbocycles. The summed E-state index contributed by atoms with van der Waals surface area (Å²) < 4.78 is 202. The zero-order valence-corrected chi connectivity index (χ0v) is 41.6. The highest BCUT2D eigenvalue weighted by Gasteiger charge is 2.68. The van der Waals surface area contributed by atoms with Gasteiger partial charge in [0.05, 0.1) is 34.5 Å². The quantitative estimate of drug-likeness (QED) is 0.0340. The fourth-order valence-corrected chi connectivity index (χ4v) is 9.15. The van der Waals surface area contributed by atoms with Gasteiger partial charge in [-0.15, -0.1) is 0 Å². The molecule has 28 heteroatoms. The van der Waals surface area contributed by atoms with Crippen LogP contribution in [0.5, 0.6) is 0 Å². The summed E-state index contributed by atoms with van der Waals surface area (Å²) in [5.41, 5.74) is -5.66. The molecule has 2 unspecified atom stereocenters. The van der Waals surface area contributed by atoms with Crippen LogP contribution in [0, 0.1) is 29.4 Å². The van der Waals surface area contributed by atoms with Crippen molar-refractivity contribution in [3.8, 4) is 23.0 Å². The number of alkyl halides is 8. The lowest BCUT2D eigenvalue weighted by Crippen LogP contribution is -2.37. The Morgan fingerprint density at radius 2 is 1.64 bits per heavy atom. The normalized spacial score (nSPS) is 17.4. The summed E-state index contributed by atoms with van der Waals surface area (Å²) >= 11 is 6.67. The van der Waals surface area contributed by atoms with Gasteiger partial charge < -0.3 is 10.1 Å². The number of aromatic nitrogens is 5. The van der Waals surface area contributed by atoms with Crippen LogP contribution in [-0.2, 0) is 73.2 Å². The van der Waals surface area contributed by atoms with E-state index in [0.29, 0.717) is 15.1 Å². The SMILES string of the molecule is CC(C(=O)OCN(Cc1nn(CC(F)(F)F)c2c(-c3ccc(C#CC(C)(C)S(C)(=O)=O)nc3C(Cc3cc(F)cc(F)c3)NC(=O)Cn3nc(C(F)(F)F)c4c3C(F)(F)[C@@H]3C[C@H]43)ccc(Cl)c12)[SH](=O)=O)N(C)C. The second kappa shape index (κ2) is 19.8. The van der Waals surface area contributed by atoms with Gasteiger partial charge in [-0.3, -0.25) is 23.9 Å². The third-order valence-corrected chi connectivity index (χ3v) is 15.4. The molecule has 0 aliphatic heterocycles. The summed E-state index contributed by atoms with van der Waals surface area (Å²) in [6, 6.07) is 4.37. The number of benzene rings is 2. The maximum atomic E-state index is 15.6. The molecule has 15 nitrogen and oxygen atoms in total. The molecule has 2 aromatic carbocycles. The van der Waals surface area contributed by atoms with Crippen molar-refractivity contribution in [3.05, 3.63) is 98.7 Å². The van der Waals surface area contributed by atoms with Crippen molar-refractivity contribution in [2.75, 3.05) is 27.1 Å². The molecule has 0 bridgehead atoms. The molecule has 3 heterocycles. The second-order valence-corrected chi connectivity index (χ2v) is 22.3. The van der Waals surface area contributed by atoms with Crippen LogP contribution in [0.25, 0.3) is 22.0 Å². The summed E-state index contributed by atoms with van der Waals surface area (Å²) in [7, 11) is -4.42. The number of carbonyl (C=O) groups excluding carboxylic acids is 2. The van der Waals surface area contributed by atoms with Gasteiger partial charge >= 0.3 is 18.3 Å². The molecule has 0 radical (unpaired) electrons. The molecule has 1 N–H and O–H groups in total. The Balaban J connectivity index is 1.43. The van der Waals surface area contributed by atoms with Gasteiger partial charge in [0.15, 0.2) is 22.3 Å². The van der Waals surface area contributed by atoms with Crippen molar-refractivity contribution >= 4 is 55.1 Å². The van der Waals surface area contributed by atoms with E-state index in [1.807, 2.05) is 0 Å². The minimum absolute atomic E-state index is 0.212. The number of nitrogens with zero attached hydrogens (tertiary/aromatic N) is 7. The van der Waals surface area contributed by atoms with Crippen molar-refractivity contribution in [1.29, 1.82) is 0 Å². The number of hydrogen-bond acceptors (Lipinski definition) is 11. The van der Waals surface area contributed by atoms with Crippen LogP contribution in [-0.4, -0.2) is 107 Å². The van der Waals surface area contributed by atoms with E-state index in [-0.39, 0.29) is 49.6 Å². The molecule has 73 heavy (non-hydrogen) atoms. The monoisotopic (exact) mass is 1100 g/mol. The number of esters is 1. The standard InChI is InChI=1S/C45H43ClF10N8O7S2/c1-22(61(4)5)41(66)71-21-62(72(67)68)18-33-36-31(46)10-9-28(38(36)64(59-33)20-43(49,50)51)27-8-7-26(11-12-42(2,3)73(6,69)70)57-37(27)32(15-23-13-24(47)16-25(48)14-23)58-34(65)19-63-40-35(39(60-63)45(54,55)56)29-17-30(29)44(40,52)53/h7-10,13-14,16,22,29-30,32,72H,15,17-21H2,1-6H3,(H,58,65)/t22?,29-,30+,32?/m0/s1. The fourth-order valence-electron chi connectivity index (χ4n) is 8.25. The molecule has 0 spiro atoms. The number of carbonyl (C=O) groups is 2. The molecule has 1 saturated carbocycles. The first kappa shape index (κ1) is 54.9. The molecular formula is C45H43ClF10N8O7S2. The van der Waals surface area contributed by atoms with Gasteiger partial charge in [0.1, 0.15) is 46.9 Å². The highest BCUT2D eigenvalue weighted by molar-refractivity contribution is 7.92. The van der Waals surface area contributed by atoms with E-state index < -0.39 is 152 Å². The topological polar surface area (TPSA) is 179 Å². The number of ether oxygens (including phenoxy) is 1. The van der Waals surface area contributed by atoms with Gasteiger partial charge in [0, 0.05) is 40.3 Å². The number of nitrogens with one attached hydrogen (secondary N) is 1. The number of sulfone groups is 1. The molecule has 1 fully saturated rings. The van der Waals surface area contributed by atoms with Crippen molar-refractivity contribution in [2.45, 2.75) is 94.3 Å². The lowest BCUT2D eigenvalue weighted by Gasteiger charge is -2.23. The third kappa shape index (κ3) is 11.6. The van der Waals surface area contributed by atoms with Crippen LogP contribution in [0.3, 0.4) is 0 Å². The summed E-state index contributed by atoms with van der Waals surface area (Å²) in [6.07, 6.45) is -10.3. The van der Waals surface area contributed by atoms with E-state index in [2.05, 4.69) is 32.3 Å². The smallest absolute Gasteiger partial charge is 0.435 e. The first-order valence-corrected chi connectivity index (χ1v) is 25.1. The Morgan fingerprint density at radius 3 is 2.23 bits per heavy atom. The lowest BCUT2D eigenvalue weighted by atomic mass is 9.93. The molecular weight excluding hydrogens is 1050 g/mol. The minimum Gasteiger partial charge on any atom is -0.447 e. The first-order chi connectivity index (χ1) is 33.7. The van der Waals surface area contributed by atoms with E-state index in [4.69, 9.17) is 16.3 Å². The molecule has 3 aromatic heterocycles. The minimum atomic E-state index is -5.21. The second-order valence-electron chi connectivity index (χ2n) is 18.3. The van der Waals surface area contributed by atoms with Crippen molar-refractivity contribution in [2.24, 2.45) is 5.92 Å². The van der Waals surface area contributed by atoms with Crippen LogP contribution in [0.1, 0.15) is 78.7 Å². The number of hydrogen-bond donors (Lipinski definition) is 2. The van der Waals surface area contributed by atoms with Crippen LogP contribution in [0.4, 0.5) is 43.9 Å². The lowest BCUT2D eigenvalue weighted by molar-refractivity contribution is -0.151. The van der Waals surface area contributed by atoms with Crippen molar-refractivity contribution in [3.63, 3.8) is 0 Å². The Kier molecular flexibility index (Phi) is 14.9. The number of rotatable bonds is 16. The van der Waals surface area contributed by atoms with Crippen molar-refractivity contribution in [1.82, 2.24) is 39.1 Å². The van der Waals surface area contributed by atoms with Gasteiger partial charge in [-0.05, 0) is 95.4 Å². The highest BCUT2D eigenvalue weighted by Crippen LogP contribution is 2.68. The summed E-state index contributed by atoms with van der Waals surface area (Å²) in [4.78, 5) is 32.8. The number of likely N-dealkylation sites (N-methyl/N-ethyl adjacent to an activating group) is 1. The predicted octanol–water partition coefficient (Wildman–Crippen LogP) is 7.07. The number of thiol groups is 1. The average Bonchev–Trinajstić information content (AvgIpc) is 3.78. The van der Waals surface area contributed by atoms with Crippen LogP contribution in [0.15, 0.2) is 42.5 Å². The van der Waals surface area contributed by atoms with Crippen LogP contribution < -0.4 is 5.32 Å². The number of halogens is 11. The highest BCUT2D eigenvalue weighted by atomic mass is 35.5. The number of pyridine rings is 1. The third-order valence-electron chi connectivity index (χ3n) is 12.4. The van der Waals surface area contributed by atoms with Gasteiger partial charge in [0.2, 0.25) is 16.8 Å². The van der Waals surface area contributed by atoms with Gasteiger partial charge in [0.25, 0.3) is 5.92 Å². The van der Waals surface area contributed by atoms with Gasteiger partial charge in [-0.1, -0.05) is 23.6 Å². The average molecular weight is 1100 g/mol. The predicted molar refractivity (Wildman–Crippen MR) is 243 cm³/mol. The van der Waals surface area contributed by atoms with Crippen molar-refractivity contribution < 1.29 is 75.1 Å². The Bertz CT molecular complexity index is 3260. The zero-order chi connectivity index (χ0) is 54.1. The largest absolute Gasteiger partial charge is 0.447 e. The maximum absolute atomic E-state index is 15.6. The molecule has 5 aromatic rings. The number of amides is 1. The zero-order valence-electron chi connectivity index (χ0n) is 39.1. The van der Waals surface area contributed by atoms with E-state index in [1.54, 1.807) is 14.1 Å². The maximum Gasteiger partial charge on any atom is 0.435 e. The van der Waals surface area contributed by atoms with E-state index in [0.717, 1.165) is 18.4 Å². The molecule has 2 aliphatic rings. The molecule has 394 valence electrons. The van der Waals surface area contributed by atoms with Crippen LogP contribution >= 0.6 is 11.6 Å². The summed E-state index contributed by atoms with van der Waals surface area (Å²) in [5, 5.41) is 9.40. The Labute approximate surface area is 416 Å². The van der Waals surface area contributed by atoms with E-state index >= 15 is 8.78 Å². The molecule has 1 amide bonds. The Hall–Kier alpha value is -5.82. The summed E-state index contributed by atoms with van der Waals surface area (Å²) in [6.45, 7) is -0.870. The first-order valence-electron chi connectivity index (χ1n) is 21.7. The Morgan fingerprint density at radius 1 is 1.00 bits per heavy atom. The number of fused-ring (bicyclic) bond motifs is 4. The summed E-state index contributed by atoms with van der Waals surface area (Å²) in [5.74, 6) is -5.74. The van der Waals surface area contributed by atoms with Gasteiger partial charge in [-0.2, -0.15) is 49.6 Å². The van der Waals surface area contributed by atoms with E-state index in [9.17, 15) is 61.5 Å². The fraction of sp³-hybridized carbons (Fsp3) is 0.444. The van der Waals surface area contributed by atoms with E-state index in [1.165, 1.54) is 49.9 Å².